The first-order chi connectivity index (χ1) is 6.95. The summed E-state index contributed by atoms with van der Waals surface area (Å²) in [6.07, 6.45) is 1.67. The van der Waals surface area contributed by atoms with Crippen molar-refractivity contribution in [2.45, 2.75) is 6.42 Å². The van der Waals surface area contributed by atoms with Gasteiger partial charge in [0.05, 0.1) is 6.61 Å². The minimum absolute atomic E-state index is 0.416. The molecule has 0 aromatic carbocycles. The second kappa shape index (κ2) is 7.61. The summed E-state index contributed by atoms with van der Waals surface area (Å²) < 4.78 is 26.5. The molecule has 0 saturated heterocycles. The highest BCUT2D eigenvalue weighted by atomic mass is 32.2. The molecule has 0 aliphatic rings. The summed E-state index contributed by atoms with van der Waals surface area (Å²) in [5, 5.41) is 2.49. The Morgan fingerprint density at radius 1 is 1.40 bits per heavy atom. The fourth-order valence-corrected chi connectivity index (χ4v) is 1.45. The van der Waals surface area contributed by atoms with E-state index in [1.807, 2.05) is 0 Å². The molecule has 1 amide bonds. The Morgan fingerprint density at radius 3 is 2.60 bits per heavy atom. The number of amides is 1. The van der Waals surface area contributed by atoms with E-state index in [2.05, 4.69) is 5.32 Å². The highest BCUT2D eigenvalue weighted by molar-refractivity contribution is 7.91. The number of nitrogens with two attached hydrogens (primary N) is 1. The quantitative estimate of drug-likeness (QED) is 0.502. The molecule has 7 heteroatoms. The number of rotatable bonds is 8. The molecule has 6 nitrogen and oxygen atoms in total. The first-order valence-electron chi connectivity index (χ1n) is 4.68. The van der Waals surface area contributed by atoms with Crippen molar-refractivity contribution in [3.8, 4) is 0 Å². The number of carbonyl (C=O) groups excluding carboxylic acids is 1. The minimum Gasteiger partial charge on any atom is -0.380 e. The number of sulfone groups is 1. The summed E-state index contributed by atoms with van der Waals surface area (Å²) in [7, 11) is -3.23. The first kappa shape index (κ1) is 14.3. The molecule has 0 saturated carbocycles. The SMILES string of the molecule is CS(=O)(=O)CC(=O)NCCCOCCN. The third-order valence-electron chi connectivity index (χ3n) is 1.44. The molecular formula is C8H18N2O4S. The van der Waals surface area contributed by atoms with Gasteiger partial charge in [-0.25, -0.2) is 8.42 Å². The maximum Gasteiger partial charge on any atom is 0.235 e. The third-order valence-corrected chi connectivity index (χ3v) is 2.23. The van der Waals surface area contributed by atoms with E-state index in [1.54, 1.807) is 0 Å². The molecule has 15 heavy (non-hydrogen) atoms. The van der Waals surface area contributed by atoms with Crippen LogP contribution in [0.15, 0.2) is 0 Å². The van der Waals surface area contributed by atoms with Crippen LogP contribution in [0.2, 0.25) is 0 Å². The number of hydrogen-bond acceptors (Lipinski definition) is 5. The molecule has 0 unspecified atom stereocenters. The van der Waals surface area contributed by atoms with Crippen molar-refractivity contribution < 1.29 is 17.9 Å². The normalized spacial score (nSPS) is 11.3. The lowest BCUT2D eigenvalue weighted by molar-refractivity contribution is -0.118. The van der Waals surface area contributed by atoms with Gasteiger partial charge in [-0.3, -0.25) is 4.79 Å². The number of hydrogen-bond donors (Lipinski definition) is 2. The van der Waals surface area contributed by atoms with Crippen molar-refractivity contribution >= 4 is 15.7 Å². The average molecular weight is 238 g/mol. The molecule has 3 N–H and O–H groups in total. The van der Waals surface area contributed by atoms with E-state index >= 15 is 0 Å². The van der Waals surface area contributed by atoms with Gasteiger partial charge in [-0.1, -0.05) is 0 Å². The average Bonchev–Trinajstić information content (AvgIpc) is 2.08. The number of nitrogens with one attached hydrogen (secondary N) is 1. The zero-order chi connectivity index (χ0) is 11.7. The largest absolute Gasteiger partial charge is 0.380 e. The van der Waals surface area contributed by atoms with Crippen LogP contribution in [-0.4, -0.2) is 52.6 Å². The first-order valence-corrected chi connectivity index (χ1v) is 6.74. The predicted octanol–water partition coefficient (Wildman–Crippen LogP) is -1.49. The van der Waals surface area contributed by atoms with Crippen LogP contribution in [0.25, 0.3) is 0 Å². The highest BCUT2D eigenvalue weighted by Gasteiger charge is 2.09. The molecule has 0 heterocycles. The fraction of sp³-hybridized carbons (Fsp3) is 0.875. The van der Waals surface area contributed by atoms with E-state index in [0.717, 1.165) is 6.26 Å². The summed E-state index contributed by atoms with van der Waals surface area (Å²) >= 11 is 0. The summed E-state index contributed by atoms with van der Waals surface area (Å²) in [6, 6.07) is 0. The molecule has 0 fully saturated rings. The lowest BCUT2D eigenvalue weighted by atomic mass is 10.4. The van der Waals surface area contributed by atoms with Gasteiger partial charge in [0.1, 0.15) is 5.75 Å². The Balaban J connectivity index is 3.40. The van der Waals surface area contributed by atoms with Gasteiger partial charge in [0.2, 0.25) is 5.91 Å². The summed E-state index contributed by atoms with van der Waals surface area (Å²) in [4.78, 5) is 11.0. The Bertz CT molecular complexity index is 276. The molecule has 0 aromatic heterocycles. The standard InChI is InChI=1S/C8H18N2O4S/c1-15(12,13)7-8(11)10-4-2-5-14-6-3-9/h2-7,9H2,1H3,(H,10,11). The van der Waals surface area contributed by atoms with Crippen molar-refractivity contribution in [1.82, 2.24) is 5.32 Å². The van der Waals surface area contributed by atoms with Gasteiger partial charge in [0.25, 0.3) is 0 Å². The lowest BCUT2D eigenvalue weighted by Gasteiger charge is -2.04. The van der Waals surface area contributed by atoms with Gasteiger partial charge in [-0.05, 0) is 6.42 Å². The second-order valence-electron chi connectivity index (χ2n) is 3.17. The van der Waals surface area contributed by atoms with Gasteiger partial charge in [0.15, 0.2) is 9.84 Å². The van der Waals surface area contributed by atoms with E-state index in [9.17, 15) is 13.2 Å². The van der Waals surface area contributed by atoms with Crippen LogP contribution in [-0.2, 0) is 19.4 Å². The molecule has 90 valence electrons. The monoisotopic (exact) mass is 238 g/mol. The van der Waals surface area contributed by atoms with E-state index in [-0.39, 0.29) is 0 Å². The van der Waals surface area contributed by atoms with E-state index in [4.69, 9.17) is 10.5 Å². The van der Waals surface area contributed by atoms with Gasteiger partial charge in [-0.2, -0.15) is 0 Å². The highest BCUT2D eigenvalue weighted by Crippen LogP contribution is 1.84. The molecule has 0 radical (unpaired) electrons. The summed E-state index contributed by atoms with van der Waals surface area (Å²) in [6.45, 7) is 1.90. The van der Waals surface area contributed by atoms with Crippen LogP contribution in [0, 0.1) is 0 Å². The molecule has 0 aromatic rings. The molecular weight excluding hydrogens is 220 g/mol. The van der Waals surface area contributed by atoms with Crippen molar-refractivity contribution in [2.75, 3.05) is 38.3 Å². The van der Waals surface area contributed by atoms with Crippen LogP contribution < -0.4 is 11.1 Å². The summed E-state index contributed by atoms with van der Waals surface area (Å²) in [5.41, 5.74) is 5.20. The zero-order valence-electron chi connectivity index (χ0n) is 8.86. The Labute approximate surface area is 90.1 Å². The van der Waals surface area contributed by atoms with Crippen molar-refractivity contribution in [3.63, 3.8) is 0 Å². The predicted molar refractivity (Wildman–Crippen MR) is 57.2 cm³/mol. The van der Waals surface area contributed by atoms with E-state index in [1.165, 1.54) is 0 Å². The summed E-state index contributed by atoms with van der Waals surface area (Å²) in [5.74, 6) is -0.937. The van der Waals surface area contributed by atoms with Gasteiger partial charge in [0, 0.05) is 26.0 Å². The maximum atomic E-state index is 11.0. The minimum atomic E-state index is -3.23. The molecule has 0 atom stereocenters. The Morgan fingerprint density at radius 2 is 2.07 bits per heavy atom. The van der Waals surface area contributed by atoms with Gasteiger partial charge >= 0.3 is 0 Å². The fourth-order valence-electron chi connectivity index (χ4n) is 0.877. The number of ether oxygens (including phenoxy) is 1. The van der Waals surface area contributed by atoms with Gasteiger partial charge < -0.3 is 15.8 Å². The van der Waals surface area contributed by atoms with Crippen molar-refractivity contribution in [1.29, 1.82) is 0 Å². The molecule has 0 rings (SSSR count). The zero-order valence-corrected chi connectivity index (χ0v) is 9.68. The van der Waals surface area contributed by atoms with Crippen LogP contribution in [0.1, 0.15) is 6.42 Å². The van der Waals surface area contributed by atoms with Gasteiger partial charge in [-0.15, -0.1) is 0 Å². The maximum absolute atomic E-state index is 11.0. The number of carbonyl (C=O) groups is 1. The van der Waals surface area contributed by atoms with Crippen LogP contribution in [0.5, 0.6) is 0 Å². The molecule has 0 spiro atoms. The van der Waals surface area contributed by atoms with E-state index in [0.29, 0.717) is 32.7 Å². The second-order valence-corrected chi connectivity index (χ2v) is 5.31. The molecule has 0 aliphatic heterocycles. The van der Waals surface area contributed by atoms with Crippen LogP contribution >= 0.6 is 0 Å². The van der Waals surface area contributed by atoms with Crippen LogP contribution in [0.3, 0.4) is 0 Å². The topological polar surface area (TPSA) is 98.5 Å². The Kier molecular flexibility index (Phi) is 7.27. The molecule has 0 bridgehead atoms. The van der Waals surface area contributed by atoms with E-state index < -0.39 is 21.5 Å². The van der Waals surface area contributed by atoms with Crippen molar-refractivity contribution in [2.24, 2.45) is 5.73 Å². The Hall–Kier alpha value is -0.660. The third kappa shape index (κ3) is 11.3. The smallest absolute Gasteiger partial charge is 0.235 e. The van der Waals surface area contributed by atoms with Crippen molar-refractivity contribution in [3.05, 3.63) is 0 Å². The lowest BCUT2D eigenvalue weighted by Crippen LogP contribution is -2.31. The van der Waals surface area contributed by atoms with Crippen LogP contribution in [0.4, 0.5) is 0 Å². The molecule has 0 aliphatic carbocycles.